The monoisotopic (exact) mass is 320 g/mol. The van der Waals surface area contributed by atoms with Gasteiger partial charge in [0, 0.05) is 11.1 Å². The van der Waals surface area contributed by atoms with Crippen LogP contribution in [0.4, 0.5) is 0 Å². The quantitative estimate of drug-likeness (QED) is 0.771. The first-order chi connectivity index (χ1) is 11.9. The first kappa shape index (κ1) is 17.1. The normalized spacial score (nSPS) is 19.0. The van der Waals surface area contributed by atoms with E-state index in [1.54, 1.807) is 0 Å². The van der Waals surface area contributed by atoms with Crippen molar-refractivity contribution in [2.75, 3.05) is 39.3 Å². The molecule has 1 aromatic rings. The van der Waals surface area contributed by atoms with Crippen molar-refractivity contribution in [1.29, 1.82) is 0 Å². The van der Waals surface area contributed by atoms with Gasteiger partial charge in [0.2, 0.25) is 0 Å². The van der Waals surface area contributed by atoms with Crippen LogP contribution in [0.3, 0.4) is 0 Å². The van der Waals surface area contributed by atoms with Crippen LogP contribution < -0.4 is 0 Å². The Kier molecular flexibility index (Phi) is 6.79. The molecule has 24 heavy (non-hydrogen) atoms. The number of benzene rings is 1. The van der Waals surface area contributed by atoms with Crippen LogP contribution in [0.5, 0.6) is 0 Å². The number of hydrogen-bond donors (Lipinski definition) is 0. The van der Waals surface area contributed by atoms with E-state index in [1.807, 2.05) is 0 Å². The lowest BCUT2D eigenvalue weighted by Gasteiger charge is -2.23. The molecule has 0 N–H and O–H groups in total. The van der Waals surface area contributed by atoms with Gasteiger partial charge in [-0.2, -0.15) is 0 Å². The first-order valence-electron chi connectivity index (χ1n) is 9.43. The van der Waals surface area contributed by atoms with Crippen LogP contribution in [0.15, 0.2) is 24.3 Å². The summed E-state index contributed by atoms with van der Waals surface area (Å²) in [4.78, 5) is 4.91. The third-order valence-corrected chi connectivity index (χ3v) is 4.85. The summed E-state index contributed by atoms with van der Waals surface area (Å²) >= 11 is 0. The van der Waals surface area contributed by atoms with Gasteiger partial charge in [-0.05, 0) is 76.1 Å². The lowest BCUT2D eigenvalue weighted by molar-refractivity contribution is 0.255. The molecule has 0 radical (unpaired) electrons. The van der Waals surface area contributed by atoms with Crippen molar-refractivity contribution < 1.29 is 0 Å². The molecule has 0 saturated carbocycles. The summed E-state index contributed by atoms with van der Waals surface area (Å²) in [6.45, 7) is 6.63. The van der Waals surface area contributed by atoms with Gasteiger partial charge in [0.05, 0.1) is 13.1 Å². The fraction of sp³-hybridized carbons (Fsp3) is 0.545. The summed E-state index contributed by atoms with van der Waals surface area (Å²) < 4.78 is 0. The van der Waals surface area contributed by atoms with Crippen LogP contribution in [0, 0.1) is 23.7 Å². The Hall–Kier alpha value is -1.74. The van der Waals surface area contributed by atoms with E-state index in [4.69, 9.17) is 0 Å². The van der Waals surface area contributed by atoms with Gasteiger partial charge in [0.15, 0.2) is 0 Å². The van der Waals surface area contributed by atoms with Gasteiger partial charge in [0.25, 0.3) is 0 Å². The molecule has 2 aliphatic rings. The predicted molar refractivity (Wildman–Crippen MR) is 101 cm³/mol. The Morgan fingerprint density at radius 2 is 0.958 bits per heavy atom. The predicted octanol–water partition coefficient (Wildman–Crippen LogP) is 3.36. The molecule has 2 heterocycles. The van der Waals surface area contributed by atoms with Crippen molar-refractivity contribution in [3.63, 3.8) is 0 Å². The second-order valence-corrected chi connectivity index (χ2v) is 6.85. The Morgan fingerprint density at radius 1 is 0.583 bits per heavy atom. The third-order valence-electron chi connectivity index (χ3n) is 4.85. The average molecular weight is 320 g/mol. The van der Waals surface area contributed by atoms with Gasteiger partial charge in [-0.25, -0.2) is 0 Å². The second-order valence-electron chi connectivity index (χ2n) is 6.85. The van der Waals surface area contributed by atoms with E-state index in [1.165, 1.54) is 64.7 Å². The molecule has 126 valence electrons. The minimum atomic E-state index is 0.900. The molecule has 0 unspecified atom stereocenters. The number of hydrogen-bond acceptors (Lipinski definition) is 2. The highest BCUT2D eigenvalue weighted by Crippen LogP contribution is 2.08. The van der Waals surface area contributed by atoms with E-state index in [0.29, 0.717) is 0 Å². The van der Waals surface area contributed by atoms with Crippen molar-refractivity contribution in [2.45, 2.75) is 38.5 Å². The van der Waals surface area contributed by atoms with Crippen molar-refractivity contribution in [2.24, 2.45) is 0 Å². The Balaban J connectivity index is 1.46. The SMILES string of the molecule is C(#Cc1ccc(C#CCN2CCCCC2)cc1)CN1CCCCC1. The molecule has 2 saturated heterocycles. The molecule has 0 aliphatic carbocycles. The van der Waals surface area contributed by atoms with E-state index in [0.717, 1.165) is 24.2 Å². The molecule has 0 aromatic heterocycles. The highest BCUT2D eigenvalue weighted by atomic mass is 15.1. The molecule has 0 atom stereocenters. The summed E-state index contributed by atoms with van der Waals surface area (Å²) in [5.41, 5.74) is 2.18. The number of nitrogens with zero attached hydrogens (tertiary/aromatic N) is 2. The molecular formula is C22H28N2. The van der Waals surface area contributed by atoms with Crippen molar-refractivity contribution in [3.05, 3.63) is 35.4 Å². The van der Waals surface area contributed by atoms with Crippen LogP contribution >= 0.6 is 0 Å². The summed E-state index contributed by atoms with van der Waals surface area (Å²) in [6.07, 6.45) is 8.06. The van der Waals surface area contributed by atoms with E-state index in [-0.39, 0.29) is 0 Å². The minimum absolute atomic E-state index is 0.900. The van der Waals surface area contributed by atoms with Gasteiger partial charge in [-0.15, -0.1) is 0 Å². The summed E-state index contributed by atoms with van der Waals surface area (Å²) in [5, 5.41) is 0. The zero-order valence-electron chi connectivity index (χ0n) is 14.7. The topological polar surface area (TPSA) is 6.48 Å². The molecule has 0 amide bonds. The van der Waals surface area contributed by atoms with Crippen LogP contribution in [0.25, 0.3) is 0 Å². The molecule has 0 bridgehead atoms. The van der Waals surface area contributed by atoms with Crippen molar-refractivity contribution in [1.82, 2.24) is 9.80 Å². The van der Waals surface area contributed by atoms with Crippen LogP contribution in [0.1, 0.15) is 49.7 Å². The van der Waals surface area contributed by atoms with E-state index >= 15 is 0 Å². The number of piperidine rings is 2. The molecule has 2 heteroatoms. The van der Waals surface area contributed by atoms with Gasteiger partial charge in [0.1, 0.15) is 0 Å². The Labute approximate surface area is 147 Å². The number of likely N-dealkylation sites (tertiary alicyclic amines) is 2. The maximum absolute atomic E-state index is 3.31. The molecule has 2 aliphatic heterocycles. The molecular weight excluding hydrogens is 292 g/mol. The largest absolute Gasteiger partial charge is 0.292 e. The first-order valence-corrected chi connectivity index (χ1v) is 9.43. The Bertz CT molecular complexity index is 555. The summed E-state index contributed by atoms with van der Waals surface area (Å²) in [5.74, 6) is 13.2. The zero-order valence-corrected chi connectivity index (χ0v) is 14.7. The van der Waals surface area contributed by atoms with Crippen molar-refractivity contribution >= 4 is 0 Å². The van der Waals surface area contributed by atoms with E-state index in [9.17, 15) is 0 Å². The highest BCUT2D eigenvalue weighted by molar-refractivity contribution is 5.42. The lowest BCUT2D eigenvalue weighted by atomic mass is 10.1. The fourth-order valence-electron chi connectivity index (χ4n) is 3.38. The molecule has 0 spiro atoms. The fourth-order valence-corrected chi connectivity index (χ4v) is 3.38. The maximum Gasteiger partial charge on any atom is 0.0605 e. The van der Waals surface area contributed by atoms with Crippen molar-refractivity contribution in [3.8, 4) is 23.7 Å². The van der Waals surface area contributed by atoms with Crippen LogP contribution in [-0.4, -0.2) is 49.1 Å². The standard InChI is InChI=1S/C22H28N2/c1-3-15-23(16-4-1)19-7-9-21-11-13-22(14-12-21)10-8-20-24-17-5-2-6-18-24/h11-14H,1-6,15-20H2. The smallest absolute Gasteiger partial charge is 0.0605 e. The molecule has 2 fully saturated rings. The zero-order chi connectivity index (χ0) is 16.5. The summed E-state index contributed by atoms with van der Waals surface area (Å²) in [7, 11) is 0. The molecule has 3 rings (SSSR count). The van der Waals surface area contributed by atoms with Gasteiger partial charge in [-0.1, -0.05) is 36.5 Å². The van der Waals surface area contributed by atoms with Crippen LogP contribution in [-0.2, 0) is 0 Å². The van der Waals surface area contributed by atoms with Gasteiger partial charge >= 0.3 is 0 Å². The van der Waals surface area contributed by atoms with E-state index < -0.39 is 0 Å². The third kappa shape index (κ3) is 5.72. The Morgan fingerprint density at radius 3 is 1.33 bits per heavy atom. The van der Waals surface area contributed by atoms with E-state index in [2.05, 4.69) is 57.7 Å². The summed E-state index contributed by atoms with van der Waals surface area (Å²) in [6, 6.07) is 8.37. The second kappa shape index (κ2) is 9.53. The van der Waals surface area contributed by atoms with Gasteiger partial charge < -0.3 is 0 Å². The van der Waals surface area contributed by atoms with Crippen LogP contribution in [0.2, 0.25) is 0 Å². The average Bonchev–Trinajstić information content (AvgIpc) is 2.65. The molecule has 2 nitrogen and oxygen atoms in total. The number of rotatable bonds is 2. The highest BCUT2D eigenvalue weighted by Gasteiger charge is 2.08. The minimum Gasteiger partial charge on any atom is -0.292 e. The lowest BCUT2D eigenvalue weighted by Crippen LogP contribution is -2.29. The van der Waals surface area contributed by atoms with Gasteiger partial charge in [-0.3, -0.25) is 9.80 Å². The maximum atomic E-state index is 3.31. The molecule has 1 aromatic carbocycles.